The Morgan fingerprint density at radius 1 is 1.19 bits per heavy atom. The van der Waals surface area contributed by atoms with Crippen LogP contribution in [0.4, 0.5) is 0 Å². The number of piperidine rings is 1. The number of nitrogens with zero attached hydrogens (tertiary/aromatic N) is 2. The number of likely N-dealkylation sites (tertiary alicyclic amines) is 1. The van der Waals surface area contributed by atoms with Crippen molar-refractivity contribution in [3.05, 3.63) is 59.0 Å². The Labute approximate surface area is 212 Å². The maximum absolute atomic E-state index is 12.8. The predicted molar refractivity (Wildman–Crippen MR) is 138 cm³/mol. The van der Waals surface area contributed by atoms with Crippen molar-refractivity contribution >= 4 is 22.7 Å². The fraction of sp³-hybridized carbons (Fsp3) is 0.517. The van der Waals surface area contributed by atoms with E-state index in [4.69, 9.17) is 9.47 Å². The van der Waals surface area contributed by atoms with Gasteiger partial charge in [-0.25, -0.2) is 4.79 Å². The SMILES string of the molecule is COC1(C)CC=C2C(=O)CC(C)(C)OC2=C1CCN1CCC(n2ccc3ccc(C(=O)O)cc32)CC1. The van der Waals surface area contributed by atoms with E-state index >= 15 is 0 Å². The number of aromatic carboxylic acids is 1. The number of hydrogen-bond acceptors (Lipinski definition) is 5. The Hall–Kier alpha value is -2.90. The van der Waals surface area contributed by atoms with E-state index in [9.17, 15) is 14.7 Å². The summed E-state index contributed by atoms with van der Waals surface area (Å²) in [6.45, 7) is 8.84. The molecule has 0 spiro atoms. The highest BCUT2D eigenvalue weighted by atomic mass is 16.5. The summed E-state index contributed by atoms with van der Waals surface area (Å²) < 4.78 is 14.6. The summed E-state index contributed by atoms with van der Waals surface area (Å²) in [4.78, 5) is 26.8. The average molecular weight is 493 g/mol. The standard InChI is InChI=1S/C29H36N2O5/c1-28(2)18-25(32)22-7-12-29(3,35-4)23(26(22)36-28)11-15-30-13-9-21(10-14-30)31-16-8-19-5-6-20(27(33)34)17-24(19)31/h5-8,16-17,21H,9-15,18H2,1-4H3,(H,33,34). The lowest BCUT2D eigenvalue weighted by Gasteiger charge is -2.42. The number of carboxylic acids is 1. The van der Waals surface area contributed by atoms with Gasteiger partial charge in [0.05, 0.1) is 23.2 Å². The number of fused-ring (bicyclic) bond motifs is 2. The molecule has 1 aliphatic carbocycles. The van der Waals surface area contributed by atoms with Crippen LogP contribution < -0.4 is 0 Å². The van der Waals surface area contributed by atoms with Crippen LogP contribution >= 0.6 is 0 Å². The third kappa shape index (κ3) is 4.50. The molecule has 36 heavy (non-hydrogen) atoms. The third-order valence-corrected chi connectivity index (χ3v) is 8.17. The van der Waals surface area contributed by atoms with Crippen LogP contribution in [0, 0.1) is 0 Å². The molecule has 3 aliphatic rings. The molecule has 0 bridgehead atoms. The first-order chi connectivity index (χ1) is 17.1. The number of rotatable bonds is 6. The van der Waals surface area contributed by atoms with Crippen LogP contribution in [0.5, 0.6) is 0 Å². The molecule has 7 nitrogen and oxygen atoms in total. The van der Waals surface area contributed by atoms with Gasteiger partial charge in [0.1, 0.15) is 11.4 Å². The van der Waals surface area contributed by atoms with Crippen molar-refractivity contribution in [2.24, 2.45) is 0 Å². The Morgan fingerprint density at radius 3 is 2.64 bits per heavy atom. The summed E-state index contributed by atoms with van der Waals surface area (Å²) in [6, 6.07) is 7.74. The Kier molecular flexibility index (Phi) is 6.33. The fourth-order valence-corrected chi connectivity index (χ4v) is 5.94. The summed E-state index contributed by atoms with van der Waals surface area (Å²) in [5.74, 6) is -0.0110. The normalized spacial score (nSPS) is 25.0. The van der Waals surface area contributed by atoms with Gasteiger partial charge in [-0.3, -0.25) is 4.79 Å². The smallest absolute Gasteiger partial charge is 0.335 e. The van der Waals surface area contributed by atoms with Crippen LogP contribution in [-0.4, -0.2) is 64.3 Å². The van der Waals surface area contributed by atoms with Gasteiger partial charge >= 0.3 is 5.97 Å². The second-order valence-electron chi connectivity index (χ2n) is 11.2. The predicted octanol–water partition coefficient (Wildman–Crippen LogP) is 5.12. The van der Waals surface area contributed by atoms with Crippen LogP contribution in [0.2, 0.25) is 0 Å². The molecule has 1 N–H and O–H groups in total. The molecule has 0 amide bonds. The molecule has 0 saturated carbocycles. The van der Waals surface area contributed by atoms with Gasteiger partial charge in [0, 0.05) is 50.1 Å². The van der Waals surface area contributed by atoms with Crippen molar-refractivity contribution in [1.29, 1.82) is 0 Å². The number of methoxy groups -OCH3 is 1. The Balaban J connectivity index is 1.29. The number of ketones is 1. The summed E-state index contributed by atoms with van der Waals surface area (Å²) in [5, 5.41) is 10.5. The largest absolute Gasteiger partial charge is 0.487 e. The first-order valence-electron chi connectivity index (χ1n) is 12.9. The van der Waals surface area contributed by atoms with Gasteiger partial charge < -0.3 is 24.0 Å². The number of carbonyl (C=O) groups excluding carboxylic acids is 1. The van der Waals surface area contributed by atoms with E-state index in [1.54, 1.807) is 19.2 Å². The van der Waals surface area contributed by atoms with Crippen LogP contribution in [-0.2, 0) is 14.3 Å². The number of Topliss-reactive ketones (excluding diaryl/α,β-unsaturated/α-hetero) is 1. The molecule has 1 aromatic carbocycles. The van der Waals surface area contributed by atoms with Crippen LogP contribution in [0.1, 0.15) is 69.3 Å². The number of hydrogen-bond donors (Lipinski definition) is 1. The highest BCUT2D eigenvalue weighted by molar-refractivity contribution is 6.01. The molecule has 192 valence electrons. The fourth-order valence-electron chi connectivity index (χ4n) is 5.94. The number of ether oxygens (including phenoxy) is 2. The minimum atomic E-state index is -0.898. The number of carbonyl (C=O) groups is 2. The van der Waals surface area contributed by atoms with Crippen LogP contribution in [0.3, 0.4) is 0 Å². The molecular weight excluding hydrogens is 456 g/mol. The average Bonchev–Trinajstić information content (AvgIpc) is 3.26. The lowest BCUT2D eigenvalue weighted by molar-refractivity contribution is -0.124. The molecule has 1 aromatic heterocycles. The molecule has 7 heteroatoms. The maximum atomic E-state index is 12.8. The third-order valence-electron chi connectivity index (χ3n) is 8.17. The lowest BCUT2D eigenvalue weighted by atomic mass is 9.78. The van der Waals surface area contributed by atoms with E-state index in [-0.39, 0.29) is 5.78 Å². The van der Waals surface area contributed by atoms with E-state index in [1.165, 1.54) is 0 Å². The van der Waals surface area contributed by atoms with Crippen molar-refractivity contribution in [2.45, 2.75) is 70.1 Å². The molecule has 2 aromatic rings. The summed E-state index contributed by atoms with van der Waals surface area (Å²) in [7, 11) is 1.73. The van der Waals surface area contributed by atoms with Crippen molar-refractivity contribution in [3.63, 3.8) is 0 Å². The summed E-state index contributed by atoms with van der Waals surface area (Å²) in [6.07, 6.45) is 7.94. The van der Waals surface area contributed by atoms with Crippen LogP contribution in [0.15, 0.2) is 53.4 Å². The van der Waals surface area contributed by atoms with Crippen LogP contribution in [0.25, 0.3) is 10.9 Å². The first-order valence-corrected chi connectivity index (χ1v) is 12.9. The van der Waals surface area contributed by atoms with Gasteiger partial charge in [-0.1, -0.05) is 12.1 Å². The van der Waals surface area contributed by atoms with Crippen molar-refractivity contribution in [2.75, 3.05) is 26.7 Å². The summed E-state index contributed by atoms with van der Waals surface area (Å²) in [5.41, 5.74) is 2.12. The molecular formula is C29H36N2O5. The highest BCUT2D eigenvalue weighted by Crippen LogP contribution is 2.44. The zero-order valence-electron chi connectivity index (χ0n) is 21.7. The summed E-state index contributed by atoms with van der Waals surface area (Å²) >= 11 is 0. The number of benzene rings is 1. The van der Waals surface area contributed by atoms with E-state index in [2.05, 4.69) is 28.7 Å². The molecule has 5 rings (SSSR count). The zero-order valence-corrected chi connectivity index (χ0v) is 21.7. The second kappa shape index (κ2) is 9.20. The topological polar surface area (TPSA) is 81.0 Å². The maximum Gasteiger partial charge on any atom is 0.335 e. The number of allylic oxidation sites excluding steroid dienone is 1. The molecule has 2 aliphatic heterocycles. The molecule has 3 heterocycles. The van der Waals surface area contributed by atoms with Gasteiger partial charge in [0.25, 0.3) is 0 Å². The van der Waals surface area contributed by atoms with Gasteiger partial charge in [-0.05, 0) is 70.0 Å². The quantitative estimate of drug-likeness (QED) is 0.603. The van der Waals surface area contributed by atoms with Gasteiger partial charge in [-0.2, -0.15) is 0 Å². The Morgan fingerprint density at radius 2 is 1.94 bits per heavy atom. The monoisotopic (exact) mass is 492 g/mol. The van der Waals surface area contributed by atoms with Gasteiger partial charge in [-0.15, -0.1) is 0 Å². The zero-order chi connectivity index (χ0) is 25.7. The van der Waals surface area contributed by atoms with Gasteiger partial charge in [0.15, 0.2) is 5.78 Å². The van der Waals surface area contributed by atoms with Gasteiger partial charge in [0.2, 0.25) is 0 Å². The molecule has 1 unspecified atom stereocenters. The minimum absolute atomic E-state index is 0.155. The van der Waals surface area contributed by atoms with E-state index in [1.807, 2.05) is 26.0 Å². The van der Waals surface area contributed by atoms with Crippen molar-refractivity contribution < 1.29 is 24.2 Å². The van der Waals surface area contributed by atoms with E-state index in [0.29, 0.717) is 24.4 Å². The Bertz CT molecular complexity index is 1260. The van der Waals surface area contributed by atoms with E-state index in [0.717, 1.165) is 66.7 Å². The van der Waals surface area contributed by atoms with E-state index < -0.39 is 17.2 Å². The second-order valence-corrected chi connectivity index (χ2v) is 11.2. The highest BCUT2D eigenvalue weighted by Gasteiger charge is 2.43. The molecule has 2 fully saturated rings. The first kappa shape index (κ1) is 24.8. The molecule has 0 radical (unpaired) electrons. The van der Waals surface area contributed by atoms with Crippen molar-refractivity contribution in [1.82, 2.24) is 9.47 Å². The lowest BCUT2D eigenvalue weighted by Crippen LogP contribution is -2.42. The molecule has 2 saturated heterocycles. The van der Waals surface area contributed by atoms with Crippen molar-refractivity contribution in [3.8, 4) is 0 Å². The minimum Gasteiger partial charge on any atom is -0.487 e. The number of aromatic nitrogens is 1. The molecule has 1 atom stereocenters. The number of carboxylic acid groups (broad SMARTS) is 1.